The minimum atomic E-state index is 1.71. The van der Waals surface area contributed by atoms with Gasteiger partial charge in [-0.25, -0.2) is 0 Å². The van der Waals surface area contributed by atoms with Crippen LogP contribution in [0.1, 0.15) is 0 Å². The van der Waals surface area contributed by atoms with Gasteiger partial charge in [-0.1, -0.05) is 0 Å². The molecule has 1 heteroatoms. The van der Waals surface area contributed by atoms with Gasteiger partial charge in [-0.2, -0.15) is 0 Å². The van der Waals surface area contributed by atoms with E-state index in [1.807, 2.05) is 12.2 Å². The zero-order valence-electron chi connectivity index (χ0n) is 3.37. The third-order valence-electron chi connectivity index (χ3n) is 0.315. The Morgan fingerprint density at radius 1 is 1.33 bits per heavy atom. The summed E-state index contributed by atoms with van der Waals surface area (Å²) in [5.74, 6) is 0. The van der Waals surface area contributed by atoms with Crippen molar-refractivity contribution in [3.05, 3.63) is 24.8 Å². The molecular weight excluding hydrogens is 116 g/mol. The number of hydrogen-bond acceptors (Lipinski definition) is 0. The number of hydrogen-bond donors (Lipinski definition) is 0. The molecule has 0 bridgehead atoms. The van der Waals surface area contributed by atoms with Crippen molar-refractivity contribution >= 4 is 4.92 Å². The molecule has 0 aliphatic rings. The van der Waals surface area contributed by atoms with E-state index < -0.39 is 0 Å². The second kappa shape index (κ2) is 4.87. The SMILES string of the molecule is C=C/C=C\[CH]=[Fe]. The molecule has 0 aliphatic carbocycles. The van der Waals surface area contributed by atoms with Crippen molar-refractivity contribution in [2.24, 2.45) is 0 Å². The Morgan fingerprint density at radius 3 is 2.17 bits per heavy atom. The molecule has 0 unspecified atom stereocenters. The van der Waals surface area contributed by atoms with Crippen LogP contribution in [0.4, 0.5) is 0 Å². The molecular formula is C5H6Fe. The van der Waals surface area contributed by atoms with Gasteiger partial charge < -0.3 is 0 Å². The van der Waals surface area contributed by atoms with Crippen LogP contribution in [-0.2, 0) is 15.6 Å². The summed E-state index contributed by atoms with van der Waals surface area (Å²) >= 11 is 3.46. The molecule has 0 N–H and O–H groups in total. The van der Waals surface area contributed by atoms with Crippen molar-refractivity contribution in [2.75, 3.05) is 0 Å². The molecule has 0 radical (unpaired) electrons. The van der Waals surface area contributed by atoms with E-state index in [4.69, 9.17) is 0 Å². The molecule has 0 saturated heterocycles. The van der Waals surface area contributed by atoms with Gasteiger partial charge in [-0.3, -0.25) is 0 Å². The summed E-state index contributed by atoms with van der Waals surface area (Å²) in [6.07, 6.45) is 5.36. The molecule has 0 aliphatic heterocycles. The van der Waals surface area contributed by atoms with Crippen molar-refractivity contribution in [2.45, 2.75) is 0 Å². The zero-order chi connectivity index (χ0) is 4.83. The summed E-state index contributed by atoms with van der Waals surface area (Å²) in [6, 6.07) is 0. The Hall–Kier alpha value is -0.131. The molecule has 0 aromatic carbocycles. The Morgan fingerprint density at radius 2 is 2.00 bits per heavy atom. The monoisotopic (exact) mass is 122 g/mol. The van der Waals surface area contributed by atoms with Gasteiger partial charge in [0.2, 0.25) is 0 Å². The standard InChI is InChI=1S/C5H6.Fe/c1-3-5-4-2;/h1,3-5H,2H2;/b5-3-;. The van der Waals surface area contributed by atoms with Crippen LogP contribution >= 0.6 is 0 Å². The first-order chi connectivity index (χ1) is 2.91. The van der Waals surface area contributed by atoms with E-state index >= 15 is 0 Å². The molecule has 0 rings (SSSR count). The van der Waals surface area contributed by atoms with Gasteiger partial charge in [0.25, 0.3) is 0 Å². The quantitative estimate of drug-likeness (QED) is 0.379. The maximum atomic E-state index is 3.46. The Bertz CT molecular complexity index is 62.0. The topological polar surface area (TPSA) is 0 Å². The van der Waals surface area contributed by atoms with Gasteiger partial charge in [0.1, 0.15) is 0 Å². The van der Waals surface area contributed by atoms with E-state index in [2.05, 4.69) is 22.2 Å². The van der Waals surface area contributed by atoms with E-state index in [-0.39, 0.29) is 0 Å². The van der Waals surface area contributed by atoms with Gasteiger partial charge in [-0.05, 0) is 0 Å². The van der Waals surface area contributed by atoms with E-state index in [9.17, 15) is 0 Å². The summed E-state index contributed by atoms with van der Waals surface area (Å²) in [6.45, 7) is 3.46. The summed E-state index contributed by atoms with van der Waals surface area (Å²) in [4.78, 5) is 1.71. The van der Waals surface area contributed by atoms with Crippen LogP contribution in [0.25, 0.3) is 0 Å². The van der Waals surface area contributed by atoms with Crippen molar-refractivity contribution in [1.29, 1.82) is 0 Å². The second-order valence-corrected chi connectivity index (χ2v) is 1.11. The van der Waals surface area contributed by atoms with E-state index in [1.165, 1.54) is 0 Å². The van der Waals surface area contributed by atoms with Gasteiger partial charge in [0, 0.05) is 0 Å². The van der Waals surface area contributed by atoms with Crippen molar-refractivity contribution in [3.63, 3.8) is 0 Å². The molecule has 34 valence electrons. The van der Waals surface area contributed by atoms with Gasteiger partial charge in [0.05, 0.1) is 0 Å². The Labute approximate surface area is 45.9 Å². The second-order valence-electron chi connectivity index (χ2n) is 0.738. The van der Waals surface area contributed by atoms with Crippen LogP contribution in [0, 0.1) is 0 Å². The molecule has 0 fully saturated rings. The summed E-state index contributed by atoms with van der Waals surface area (Å²) < 4.78 is 0. The van der Waals surface area contributed by atoms with Crippen molar-refractivity contribution in [3.8, 4) is 0 Å². The fourth-order valence-electron chi connectivity index (χ4n) is 0.118. The first-order valence-electron chi connectivity index (χ1n) is 1.61. The van der Waals surface area contributed by atoms with Crippen LogP contribution in [0.5, 0.6) is 0 Å². The normalized spacial score (nSPS) is 8.83. The van der Waals surface area contributed by atoms with Gasteiger partial charge >= 0.3 is 45.3 Å². The van der Waals surface area contributed by atoms with Crippen LogP contribution in [0.3, 0.4) is 0 Å². The molecule has 0 aromatic rings. The summed E-state index contributed by atoms with van der Waals surface area (Å²) in [7, 11) is 0. The molecule has 6 heavy (non-hydrogen) atoms. The number of allylic oxidation sites excluding steroid dienone is 3. The average molecular weight is 122 g/mol. The molecule has 0 spiro atoms. The maximum absolute atomic E-state index is 3.46. The molecule has 0 heterocycles. The first-order valence-corrected chi connectivity index (χ1v) is 2.25. The van der Waals surface area contributed by atoms with Gasteiger partial charge in [0.15, 0.2) is 0 Å². The molecule has 0 nitrogen and oxygen atoms in total. The minimum absolute atomic E-state index is 1.71. The third kappa shape index (κ3) is 3.87. The van der Waals surface area contributed by atoms with Crippen molar-refractivity contribution < 1.29 is 15.6 Å². The summed E-state index contributed by atoms with van der Waals surface area (Å²) in [5.41, 5.74) is 0. The first kappa shape index (κ1) is 5.87. The van der Waals surface area contributed by atoms with E-state index in [0.717, 1.165) is 0 Å². The molecule has 0 saturated carbocycles. The molecule has 0 atom stereocenters. The van der Waals surface area contributed by atoms with Crippen LogP contribution < -0.4 is 0 Å². The average Bonchev–Trinajstić information content (AvgIpc) is 1.61. The Kier molecular flexibility index (Phi) is 4.76. The van der Waals surface area contributed by atoms with Crippen LogP contribution in [0.2, 0.25) is 0 Å². The molecule has 0 aromatic heterocycles. The predicted molar refractivity (Wildman–Crippen MR) is 25.4 cm³/mol. The predicted octanol–water partition coefficient (Wildman–Crippen LogP) is 1.08. The van der Waals surface area contributed by atoms with Crippen LogP contribution in [-0.4, -0.2) is 4.92 Å². The summed E-state index contributed by atoms with van der Waals surface area (Å²) in [5, 5.41) is 0. The third-order valence-corrected chi connectivity index (χ3v) is 0.528. The Balaban J connectivity index is 3.17. The molecule has 0 amide bonds. The fraction of sp³-hybridized carbons (Fsp3) is 0. The zero-order valence-corrected chi connectivity index (χ0v) is 4.47. The fourth-order valence-corrected chi connectivity index (χ4v) is 0.241. The van der Waals surface area contributed by atoms with Gasteiger partial charge in [-0.15, -0.1) is 0 Å². The van der Waals surface area contributed by atoms with Crippen molar-refractivity contribution in [1.82, 2.24) is 0 Å². The number of rotatable bonds is 2. The van der Waals surface area contributed by atoms with Crippen LogP contribution in [0.15, 0.2) is 24.8 Å². The van der Waals surface area contributed by atoms with E-state index in [0.29, 0.717) is 0 Å². The van der Waals surface area contributed by atoms with E-state index in [1.54, 1.807) is 11.0 Å².